The highest BCUT2D eigenvalue weighted by molar-refractivity contribution is 5.78. The molecule has 20 heavy (non-hydrogen) atoms. The zero-order chi connectivity index (χ0) is 14.1. The van der Waals surface area contributed by atoms with Gasteiger partial charge in [0.1, 0.15) is 6.33 Å². The third-order valence-corrected chi connectivity index (χ3v) is 3.10. The van der Waals surface area contributed by atoms with E-state index in [1.54, 1.807) is 11.8 Å². The van der Waals surface area contributed by atoms with Gasteiger partial charge in [-0.05, 0) is 12.0 Å². The molecule has 3 aromatic rings. The van der Waals surface area contributed by atoms with E-state index in [2.05, 4.69) is 20.1 Å². The second kappa shape index (κ2) is 4.80. The van der Waals surface area contributed by atoms with E-state index >= 15 is 0 Å². The molecule has 3 aromatic heterocycles. The molecule has 0 saturated carbocycles. The number of anilines is 1. The van der Waals surface area contributed by atoms with Crippen LogP contribution in [-0.4, -0.2) is 36.4 Å². The molecule has 104 valence electrons. The number of hydrogen-bond donors (Lipinski definition) is 1. The highest BCUT2D eigenvalue weighted by atomic mass is 16.5. The van der Waals surface area contributed by atoms with Crippen molar-refractivity contribution < 1.29 is 4.74 Å². The zero-order valence-electron chi connectivity index (χ0n) is 11.3. The Hall–Kier alpha value is -2.64. The van der Waals surface area contributed by atoms with Crippen LogP contribution in [0.25, 0.3) is 11.2 Å². The minimum atomic E-state index is 0.405. The zero-order valence-corrected chi connectivity index (χ0v) is 11.3. The molecule has 0 aliphatic heterocycles. The summed E-state index contributed by atoms with van der Waals surface area (Å²) in [5.41, 5.74) is 8.35. The Bertz CT molecular complexity index is 745. The number of hydrogen-bond acceptors (Lipinski definition) is 6. The third kappa shape index (κ3) is 2.04. The lowest BCUT2D eigenvalue weighted by Crippen LogP contribution is -2.06. The fourth-order valence-electron chi connectivity index (χ4n) is 2.14. The number of imidazole rings is 1. The Balaban J connectivity index is 1.93. The van der Waals surface area contributed by atoms with E-state index in [0.29, 0.717) is 29.5 Å². The molecule has 0 amide bonds. The van der Waals surface area contributed by atoms with E-state index < -0.39 is 0 Å². The predicted molar refractivity (Wildman–Crippen MR) is 73.2 cm³/mol. The minimum absolute atomic E-state index is 0.405. The first kappa shape index (κ1) is 12.4. The van der Waals surface area contributed by atoms with Crippen molar-refractivity contribution in [1.82, 2.24) is 29.3 Å². The number of aryl methyl sites for hydroxylation is 3. The number of nitrogens with two attached hydrogens (primary N) is 1. The fourth-order valence-corrected chi connectivity index (χ4v) is 2.14. The van der Waals surface area contributed by atoms with E-state index in [4.69, 9.17) is 10.5 Å². The lowest BCUT2D eigenvalue weighted by molar-refractivity contribution is 0.401. The van der Waals surface area contributed by atoms with E-state index in [1.807, 2.05) is 24.0 Å². The van der Waals surface area contributed by atoms with Gasteiger partial charge in [-0.2, -0.15) is 10.1 Å². The SMILES string of the molecule is COc1ncnc2c1nc(N)n2CCc1cnn(C)c1. The van der Waals surface area contributed by atoms with Gasteiger partial charge in [-0.25, -0.2) is 9.97 Å². The number of nitrogen functional groups attached to an aromatic ring is 1. The average molecular weight is 273 g/mol. The van der Waals surface area contributed by atoms with E-state index in [0.717, 1.165) is 12.0 Å². The lowest BCUT2D eigenvalue weighted by atomic mass is 10.2. The van der Waals surface area contributed by atoms with Gasteiger partial charge in [-0.1, -0.05) is 0 Å². The monoisotopic (exact) mass is 273 g/mol. The number of rotatable bonds is 4. The summed E-state index contributed by atoms with van der Waals surface area (Å²) >= 11 is 0. The molecule has 0 saturated heterocycles. The van der Waals surface area contributed by atoms with Crippen molar-refractivity contribution in [3.8, 4) is 5.88 Å². The van der Waals surface area contributed by atoms with Crippen LogP contribution in [-0.2, 0) is 20.0 Å². The number of nitrogens with zero attached hydrogens (tertiary/aromatic N) is 6. The quantitative estimate of drug-likeness (QED) is 0.738. The van der Waals surface area contributed by atoms with Gasteiger partial charge in [0, 0.05) is 19.8 Å². The van der Waals surface area contributed by atoms with E-state index in [9.17, 15) is 0 Å². The summed E-state index contributed by atoms with van der Waals surface area (Å²) in [5.74, 6) is 0.838. The molecule has 0 bridgehead atoms. The molecule has 0 aromatic carbocycles. The van der Waals surface area contributed by atoms with Crippen LogP contribution in [0.5, 0.6) is 5.88 Å². The van der Waals surface area contributed by atoms with Crippen LogP contribution in [0.1, 0.15) is 5.56 Å². The first-order valence-electron chi connectivity index (χ1n) is 6.17. The van der Waals surface area contributed by atoms with Crippen LogP contribution in [0.3, 0.4) is 0 Å². The van der Waals surface area contributed by atoms with Crippen LogP contribution >= 0.6 is 0 Å². The Kier molecular flexibility index (Phi) is 2.97. The van der Waals surface area contributed by atoms with E-state index in [-0.39, 0.29) is 0 Å². The van der Waals surface area contributed by atoms with Crippen molar-refractivity contribution >= 4 is 17.1 Å². The van der Waals surface area contributed by atoms with Gasteiger partial charge in [0.25, 0.3) is 0 Å². The van der Waals surface area contributed by atoms with Gasteiger partial charge < -0.3 is 10.5 Å². The minimum Gasteiger partial charge on any atom is -0.479 e. The normalized spacial score (nSPS) is 11.1. The summed E-state index contributed by atoms with van der Waals surface area (Å²) in [6.45, 7) is 0.675. The highest BCUT2D eigenvalue weighted by Gasteiger charge is 2.14. The molecule has 2 N–H and O–H groups in total. The molecule has 0 fully saturated rings. The van der Waals surface area contributed by atoms with Crippen molar-refractivity contribution in [2.75, 3.05) is 12.8 Å². The first-order valence-corrected chi connectivity index (χ1v) is 6.17. The summed E-state index contributed by atoms with van der Waals surface area (Å²) in [4.78, 5) is 12.5. The number of methoxy groups -OCH3 is 1. The molecule has 0 radical (unpaired) electrons. The largest absolute Gasteiger partial charge is 0.479 e. The third-order valence-electron chi connectivity index (χ3n) is 3.10. The molecule has 0 unspecified atom stereocenters. The molecule has 0 aliphatic rings. The Morgan fingerprint density at radius 1 is 1.35 bits per heavy atom. The summed E-state index contributed by atoms with van der Waals surface area (Å²) in [7, 11) is 3.44. The Labute approximate surface area is 115 Å². The van der Waals surface area contributed by atoms with Crippen LogP contribution in [0.15, 0.2) is 18.7 Å². The topological polar surface area (TPSA) is 96.7 Å². The van der Waals surface area contributed by atoms with Gasteiger partial charge in [0.15, 0.2) is 11.2 Å². The summed E-state index contributed by atoms with van der Waals surface area (Å²) in [6.07, 6.45) is 6.06. The smallest absolute Gasteiger partial charge is 0.245 e. The van der Waals surface area contributed by atoms with Gasteiger partial charge in [0.2, 0.25) is 11.8 Å². The molecule has 8 heteroatoms. The van der Waals surface area contributed by atoms with Crippen LogP contribution in [0.4, 0.5) is 5.95 Å². The average Bonchev–Trinajstić information content (AvgIpc) is 2.99. The second-order valence-electron chi connectivity index (χ2n) is 4.45. The van der Waals surface area contributed by atoms with Gasteiger partial charge in [0.05, 0.1) is 13.3 Å². The molecular weight excluding hydrogens is 258 g/mol. The molecule has 0 aliphatic carbocycles. The number of aromatic nitrogens is 6. The molecule has 0 atom stereocenters. The summed E-state index contributed by atoms with van der Waals surface area (Å²) in [5, 5.41) is 4.14. The molecule has 3 heterocycles. The second-order valence-corrected chi connectivity index (χ2v) is 4.45. The summed E-state index contributed by atoms with van der Waals surface area (Å²) in [6, 6.07) is 0. The van der Waals surface area contributed by atoms with E-state index in [1.165, 1.54) is 6.33 Å². The van der Waals surface area contributed by atoms with Crippen molar-refractivity contribution in [2.45, 2.75) is 13.0 Å². The number of fused-ring (bicyclic) bond motifs is 1. The van der Waals surface area contributed by atoms with Crippen molar-refractivity contribution in [2.24, 2.45) is 7.05 Å². The van der Waals surface area contributed by atoms with Crippen molar-refractivity contribution in [3.05, 3.63) is 24.3 Å². The lowest BCUT2D eigenvalue weighted by Gasteiger charge is -2.04. The van der Waals surface area contributed by atoms with Crippen LogP contribution in [0, 0.1) is 0 Å². The van der Waals surface area contributed by atoms with Crippen LogP contribution < -0.4 is 10.5 Å². The fraction of sp³-hybridized carbons (Fsp3) is 0.333. The standard InChI is InChI=1S/C12H15N7O/c1-18-6-8(5-16-18)3-4-19-10-9(17-12(19)13)11(20-2)15-7-14-10/h5-7H,3-4H2,1-2H3,(H2,13,17). The maximum Gasteiger partial charge on any atom is 0.245 e. The Morgan fingerprint density at radius 2 is 2.20 bits per heavy atom. The first-order chi connectivity index (χ1) is 9.69. The molecule has 0 spiro atoms. The summed E-state index contributed by atoms with van der Waals surface area (Å²) < 4.78 is 8.79. The predicted octanol–water partition coefficient (Wildman–Crippen LogP) is 0.393. The van der Waals surface area contributed by atoms with Crippen LogP contribution in [0.2, 0.25) is 0 Å². The van der Waals surface area contributed by atoms with Gasteiger partial charge in [-0.15, -0.1) is 0 Å². The molecular formula is C12H15N7O. The molecule has 8 nitrogen and oxygen atoms in total. The van der Waals surface area contributed by atoms with Gasteiger partial charge >= 0.3 is 0 Å². The maximum atomic E-state index is 5.95. The van der Waals surface area contributed by atoms with Gasteiger partial charge in [-0.3, -0.25) is 9.25 Å². The van der Waals surface area contributed by atoms with Crippen molar-refractivity contribution in [1.29, 1.82) is 0 Å². The Morgan fingerprint density at radius 3 is 2.90 bits per heavy atom. The maximum absolute atomic E-state index is 5.95. The van der Waals surface area contributed by atoms with Crippen molar-refractivity contribution in [3.63, 3.8) is 0 Å². The molecule has 3 rings (SSSR count). The number of ether oxygens (including phenoxy) is 1. The highest BCUT2D eigenvalue weighted by Crippen LogP contribution is 2.22.